The lowest BCUT2D eigenvalue weighted by molar-refractivity contribution is 0.143. The molecule has 2 aliphatic rings. The lowest BCUT2D eigenvalue weighted by Gasteiger charge is -2.45. The third-order valence-electron chi connectivity index (χ3n) is 8.44. The predicted octanol–water partition coefficient (Wildman–Crippen LogP) is 10.1. The van der Waals surface area contributed by atoms with Crippen molar-refractivity contribution in [1.29, 1.82) is 0 Å². The summed E-state index contributed by atoms with van der Waals surface area (Å²) in [5.41, 5.74) is 7.00. The zero-order valence-electron chi connectivity index (χ0n) is 26.2. The minimum absolute atomic E-state index is 0.0739. The summed E-state index contributed by atoms with van der Waals surface area (Å²) in [5.74, 6) is 0. The maximum Gasteiger partial charge on any atom is 0.335 e. The quantitative estimate of drug-likeness (QED) is 0.225. The molecule has 0 bridgehead atoms. The van der Waals surface area contributed by atoms with Crippen LogP contribution >= 0.6 is 0 Å². The summed E-state index contributed by atoms with van der Waals surface area (Å²) in [6, 6.07) is 0. The van der Waals surface area contributed by atoms with Gasteiger partial charge in [0.15, 0.2) is 0 Å². The minimum atomic E-state index is -2.54. The predicted molar refractivity (Wildman–Crippen MR) is 165 cm³/mol. The highest BCUT2D eigenvalue weighted by Crippen LogP contribution is 2.47. The molecule has 0 aromatic carbocycles. The second kappa shape index (κ2) is 12.9. The van der Waals surface area contributed by atoms with Crippen molar-refractivity contribution in [3.63, 3.8) is 0 Å². The van der Waals surface area contributed by atoms with Gasteiger partial charge in [-0.1, -0.05) is 117 Å². The summed E-state index contributed by atoms with van der Waals surface area (Å²) in [6.07, 6.45) is 15.8. The Morgan fingerprint density at radius 2 is 1.49 bits per heavy atom. The van der Waals surface area contributed by atoms with Gasteiger partial charge in [0, 0.05) is 0 Å². The standard InChI is InChI=1S/C32H56O3Si2/c1-23(2)36(24(3)4)33-22-31(34-37(35-36,25(5)6)26(7)8)29(11)17-14-16-27(9)19-20-30-28(10)18-15-21-32(30,12)13/h14,16-20,23-26,31H,15,21-22H2,1-13H3/b16-14+,27-19+,29-17+,30-20-/t31-/m0/s1. The van der Waals surface area contributed by atoms with Crippen LogP contribution in [0, 0.1) is 5.41 Å². The lowest BCUT2D eigenvalue weighted by atomic mass is 9.73. The van der Waals surface area contributed by atoms with Gasteiger partial charge in [0.1, 0.15) is 0 Å². The van der Waals surface area contributed by atoms with Crippen LogP contribution in [0.2, 0.25) is 22.2 Å². The molecule has 0 aromatic rings. The van der Waals surface area contributed by atoms with Crippen LogP contribution in [0.15, 0.2) is 58.7 Å². The van der Waals surface area contributed by atoms with E-state index in [-0.39, 0.29) is 11.5 Å². The Kier molecular flexibility index (Phi) is 11.2. The van der Waals surface area contributed by atoms with E-state index in [2.05, 4.69) is 126 Å². The third-order valence-corrected chi connectivity index (χ3v) is 18.7. The highest BCUT2D eigenvalue weighted by atomic mass is 28.5. The van der Waals surface area contributed by atoms with E-state index >= 15 is 0 Å². The van der Waals surface area contributed by atoms with E-state index in [0.717, 1.165) is 0 Å². The summed E-state index contributed by atoms with van der Waals surface area (Å²) < 4.78 is 21.1. The Balaban J connectivity index is 2.32. The number of hydrogen-bond acceptors (Lipinski definition) is 3. The zero-order valence-corrected chi connectivity index (χ0v) is 28.2. The fourth-order valence-electron chi connectivity index (χ4n) is 5.91. The maximum atomic E-state index is 7.24. The molecular formula is C32H56O3Si2. The smallest absolute Gasteiger partial charge is 0.335 e. The molecule has 0 aromatic heterocycles. The summed E-state index contributed by atoms with van der Waals surface area (Å²) >= 11 is 0. The molecule has 3 nitrogen and oxygen atoms in total. The molecule has 5 heteroatoms. The summed E-state index contributed by atoms with van der Waals surface area (Å²) in [4.78, 5) is 0. The van der Waals surface area contributed by atoms with Crippen LogP contribution in [0.3, 0.4) is 0 Å². The SMILES string of the molecule is CC1=CCCC(C)(C)\C1=C/C=C(C)/C=C/C=C(\C)[C@@H]1CO[Si](C(C)C)(C(C)C)O[Si](C(C)C)(C(C)C)O1. The Morgan fingerprint density at radius 3 is 2.00 bits per heavy atom. The molecular weight excluding hydrogens is 489 g/mol. The van der Waals surface area contributed by atoms with Gasteiger partial charge in [-0.05, 0) is 72.3 Å². The van der Waals surface area contributed by atoms with Gasteiger partial charge in [-0.15, -0.1) is 0 Å². The van der Waals surface area contributed by atoms with E-state index in [4.69, 9.17) is 13.0 Å². The van der Waals surface area contributed by atoms with Gasteiger partial charge in [-0.3, -0.25) is 0 Å². The van der Waals surface area contributed by atoms with Gasteiger partial charge in [0.2, 0.25) is 0 Å². The maximum absolute atomic E-state index is 7.24. The largest absolute Gasteiger partial charge is 0.414 e. The molecule has 2 rings (SSSR count). The molecule has 0 spiro atoms. The van der Waals surface area contributed by atoms with Crippen molar-refractivity contribution in [2.24, 2.45) is 5.41 Å². The number of hydrogen-bond donors (Lipinski definition) is 0. The van der Waals surface area contributed by atoms with Crippen molar-refractivity contribution in [1.82, 2.24) is 0 Å². The van der Waals surface area contributed by atoms with Gasteiger partial charge < -0.3 is 13.0 Å². The van der Waals surface area contributed by atoms with E-state index in [1.54, 1.807) is 0 Å². The Hall–Kier alpha value is -0.986. The Morgan fingerprint density at radius 1 is 0.919 bits per heavy atom. The molecule has 210 valence electrons. The number of allylic oxidation sites excluding steroid dienone is 9. The fourth-order valence-corrected chi connectivity index (χ4v) is 17.1. The summed E-state index contributed by atoms with van der Waals surface area (Å²) in [5, 5.41) is 0. The van der Waals surface area contributed by atoms with Crippen LogP contribution in [0.1, 0.15) is 103 Å². The molecule has 1 aliphatic carbocycles. The van der Waals surface area contributed by atoms with Gasteiger partial charge in [-0.25, -0.2) is 0 Å². The zero-order chi connectivity index (χ0) is 28.2. The average Bonchev–Trinajstić information content (AvgIpc) is 2.98. The van der Waals surface area contributed by atoms with Gasteiger partial charge in [0.05, 0.1) is 12.7 Å². The normalized spacial score (nSPS) is 26.0. The second-order valence-corrected chi connectivity index (χ2v) is 22.0. The summed E-state index contributed by atoms with van der Waals surface area (Å²) in [6.45, 7) is 30.1. The van der Waals surface area contributed by atoms with Crippen molar-refractivity contribution >= 4 is 17.1 Å². The molecule has 0 unspecified atom stereocenters. The highest BCUT2D eigenvalue weighted by Gasteiger charge is 2.59. The molecule has 0 amide bonds. The molecule has 37 heavy (non-hydrogen) atoms. The molecule has 0 N–H and O–H groups in total. The van der Waals surface area contributed by atoms with Crippen molar-refractivity contribution in [2.45, 2.75) is 131 Å². The van der Waals surface area contributed by atoms with Crippen molar-refractivity contribution in [2.75, 3.05) is 6.61 Å². The molecule has 1 aliphatic heterocycles. The molecule has 0 radical (unpaired) electrons. The van der Waals surface area contributed by atoms with Crippen LogP contribution in [-0.4, -0.2) is 29.8 Å². The third kappa shape index (κ3) is 7.36. The monoisotopic (exact) mass is 544 g/mol. The first-order chi connectivity index (χ1) is 17.1. The van der Waals surface area contributed by atoms with E-state index in [1.165, 1.54) is 35.1 Å². The minimum Gasteiger partial charge on any atom is -0.414 e. The van der Waals surface area contributed by atoms with Gasteiger partial charge >= 0.3 is 17.1 Å². The van der Waals surface area contributed by atoms with Crippen molar-refractivity contribution in [3.05, 3.63) is 58.7 Å². The molecule has 1 fully saturated rings. The van der Waals surface area contributed by atoms with Gasteiger partial charge in [-0.2, -0.15) is 0 Å². The average molecular weight is 545 g/mol. The van der Waals surface area contributed by atoms with E-state index in [9.17, 15) is 0 Å². The van der Waals surface area contributed by atoms with Crippen LogP contribution in [-0.2, 0) is 13.0 Å². The van der Waals surface area contributed by atoms with Crippen molar-refractivity contribution in [3.8, 4) is 0 Å². The van der Waals surface area contributed by atoms with Crippen LogP contribution in [0.4, 0.5) is 0 Å². The topological polar surface area (TPSA) is 27.7 Å². The Bertz CT molecular complexity index is 916. The van der Waals surface area contributed by atoms with E-state index in [1.807, 2.05) is 0 Å². The molecule has 1 atom stereocenters. The number of rotatable bonds is 8. The van der Waals surface area contributed by atoms with Crippen LogP contribution < -0.4 is 0 Å². The highest BCUT2D eigenvalue weighted by molar-refractivity contribution is 6.84. The van der Waals surface area contributed by atoms with E-state index < -0.39 is 17.1 Å². The Labute approximate surface area is 231 Å². The first-order valence-electron chi connectivity index (χ1n) is 14.5. The fraction of sp³-hybridized carbons (Fsp3) is 0.688. The lowest BCUT2D eigenvalue weighted by Crippen LogP contribution is -2.59. The first-order valence-corrected chi connectivity index (χ1v) is 18.5. The molecule has 1 heterocycles. The van der Waals surface area contributed by atoms with Gasteiger partial charge in [0.25, 0.3) is 0 Å². The summed E-state index contributed by atoms with van der Waals surface area (Å²) in [7, 11) is -5.00. The first kappa shape index (κ1) is 32.2. The second-order valence-electron chi connectivity index (χ2n) is 13.2. The van der Waals surface area contributed by atoms with E-state index in [0.29, 0.717) is 28.8 Å². The van der Waals surface area contributed by atoms with Crippen LogP contribution in [0.25, 0.3) is 0 Å². The molecule has 1 saturated heterocycles. The van der Waals surface area contributed by atoms with Crippen molar-refractivity contribution < 1.29 is 13.0 Å². The molecule has 0 saturated carbocycles. The van der Waals surface area contributed by atoms with Crippen LogP contribution in [0.5, 0.6) is 0 Å².